The molecule has 4 heterocycles. The monoisotopic (exact) mass is 903 g/mol. The Kier molecular flexibility index (Phi) is 161. The lowest BCUT2D eigenvalue weighted by Gasteiger charge is -2.10. The van der Waals surface area contributed by atoms with Gasteiger partial charge in [-0.2, -0.15) is 0 Å². The van der Waals surface area contributed by atoms with Gasteiger partial charge in [-0.1, -0.05) is 235 Å². The van der Waals surface area contributed by atoms with Crippen LogP contribution in [0.2, 0.25) is 0 Å². The first-order valence-electron chi connectivity index (χ1n) is 27.1. The van der Waals surface area contributed by atoms with E-state index in [1.54, 1.807) is 0 Å². The third-order valence-electron chi connectivity index (χ3n) is 6.59. The van der Waals surface area contributed by atoms with E-state index in [-0.39, 0.29) is 0 Å². The minimum absolute atomic E-state index is 0.957. The summed E-state index contributed by atoms with van der Waals surface area (Å²) < 4.78 is 0. The zero-order valence-electron chi connectivity index (χ0n) is 49.2. The summed E-state index contributed by atoms with van der Waals surface area (Å²) in [6.07, 6.45) is 31.4. The third-order valence-corrected chi connectivity index (χ3v) is 6.59. The lowest BCUT2D eigenvalue weighted by molar-refractivity contribution is 0.601. The molecule has 0 spiro atoms. The number of aliphatic imine (C=N–C) groups is 4. The highest BCUT2D eigenvalue weighted by molar-refractivity contribution is 5.79. The van der Waals surface area contributed by atoms with E-state index in [0.29, 0.717) is 0 Å². The zero-order chi connectivity index (χ0) is 53.3. The predicted octanol–water partition coefficient (Wildman–Crippen LogP) is 22.6. The average molecular weight is 904 g/mol. The molecule has 0 unspecified atom stereocenters. The van der Waals surface area contributed by atoms with Gasteiger partial charge in [0.25, 0.3) is 0 Å². The smallest absolute Gasteiger partial charge is 0.0430 e. The van der Waals surface area contributed by atoms with E-state index >= 15 is 0 Å². The van der Waals surface area contributed by atoms with Crippen molar-refractivity contribution in [3.05, 3.63) is 85.3 Å². The number of hydrogen-bond acceptors (Lipinski definition) is 4. The molecule has 0 atom stereocenters. The van der Waals surface area contributed by atoms with Gasteiger partial charge in [0, 0.05) is 49.3 Å². The summed E-state index contributed by atoms with van der Waals surface area (Å²) >= 11 is 0. The molecular weight excluding hydrogens is 777 g/mol. The summed E-state index contributed by atoms with van der Waals surface area (Å²) in [5, 5.41) is 0. The molecular formula is C60H126N4. The van der Waals surface area contributed by atoms with Gasteiger partial charge in [-0.25, -0.2) is 0 Å². The molecule has 4 aliphatic heterocycles. The lowest BCUT2D eigenvalue weighted by Crippen LogP contribution is -1.93. The van der Waals surface area contributed by atoms with Crippen LogP contribution in [-0.4, -0.2) is 37.9 Å². The highest BCUT2D eigenvalue weighted by Gasteiger charge is 2.00. The summed E-state index contributed by atoms with van der Waals surface area (Å²) in [5.41, 5.74) is 7.14. The molecule has 0 saturated heterocycles. The topological polar surface area (TPSA) is 49.4 Å². The van der Waals surface area contributed by atoms with Crippen molar-refractivity contribution in [2.24, 2.45) is 20.0 Å². The van der Waals surface area contributed by atoms with E-state index in [2.05, 4.69) is 71.6 Å². The molecule has 0 amide bonds. The Balaban J connectivity index is -0.0000000464. The molecule has 386 valence electrons. The fraction of sp³-hybridized carbons (Fsp3) is 0.700. The van der Waals surface area contributed by atoms with Crippen molar-refractivity contribution in [2.45, 2.75) is 269 Å². The lowest BCUT2D eigenvalue weighted by atomic mass is 9.97. The number of hydrogen-bond donors (Lipinski definition) is 0. The van der Waals surface area contributed by atoms with E-state index in [4.69, 9.17) is 0 Å². The Morgan fingerprint density at radius 3 is 0.859 bits per heavy atom. The van der Waals surface area contributed by atoms with Crippen LogP contribution in [0.1, 0.15) is 269 Å². The largest absolute Gasteiger partial charge is 0.293 e. The van der Waals surface area contributed by atoms with Gasteiger partial charge in [0.15, 0.2) is 0 Å². The van der Waals surface area contributed by atoms with Gasteiger partial charge in [-0.15, -0.1) is 0 Å². The van der Waals surface area contributed by atoms with Crippen molar-refractivity contribution in [1.82, 2.24) is 0 Å². The standard InChI is InChI=1S/C7H12.C7H10.2C6H9N.2C5H7N.12C2H6/c2*1-7-5-3-2-4-6-7;1-6-3-2-4-7-5-6;1-6-4-2-3-5-7-6;1-5-2-3-6-4-5;1-5-3-2-4-6-5;12*1-2/h1-6H2;3,5H,1-2,4,6H2;2*5H,1-4H2;2*4H,1-3H2;12*1-2H3. The van der Waals surface area contributed by atoms with Crippen LogP contribution >= 0.6 is 0 Å². The van der Waals surface area contributed by atoms with Crippen LogP contribution in [0.25, 0.3) is 0 Å². The fourth-order valence-electron chi connectivity index (χ4n) is 4.10. The number of allylic oxidation sites excluding steroid dienone is 7. The van der Waals surface area contributed by atoms with Crippen molar-refractivity contribution >= 4 is 24.9 Å². The van der Waals surface area contributed by atoms with Crippen molar-refractivity contribution < 1.29 is 0 Å². The number of rotatable bonds is 0. The minimum Gasteiger partial charge on any atom is -0.293 e. The fourth-order valence-corrected chi connectivity index (χ4v) is 4.10. The molecule has 4 nitrogen and oxygen atoms in total. The van der Waals surface area contributed by atoms with Crippen LogP contribution in [0.4, 0.5) is 0 Å². The van der Waals surface area contributed by atoms with Gasteiger partial charge in [0.05, 0.1) is 0 Å². The van der Waals surface area contributed by atoms with E-state index in [0.717, 1.165) is 68.6 Å². The quantitative estimate of drug-likeness (QED) is 0.218. The molecule has 0 radical (unpaired) electrons. The third kappa shape index (κ3) is 107. The van der Waals surface area contributed by atoms with Crippen LogP contribution in [0.15, 0.2) is 105 Å². The van der Waals surface area contributed by atoms with Gasteiger partial charge >= 0.3 is 0 Å². The Morgan fingerprint density at radius 2 is 0.703 bits per heavy atom. The summed E-state index contributed by atoms with van der Waals surface area (Å²) in [5.74, 6) is 0. The second-order valence-electron chi connectivity index (χ2n) is 10.7. The van der Waals surface area contributed by atoms with Crippen LogP contribution in [0.3, 0.4) is 0 Å². The maximum atomic E-state index is 4.03. The first kappa shape index (κ1) is 91.3. The molecule has 6 aliphatic rings. The first-order valence-corrected chi connectivity index (χ1v) is 27.1. The number of nitrogens with zero attached hydrogens (tertiary/aromatic N) is 4. The van der Waals surface area contributed by atoms with E-state index in [9.17, 15) is 0 Å². The molecule has 0 N–H and O–H groups in total. The Labute approximate surface area is 410 Å². The molecule has 1 fully saturated rings. The zero-order valence-corrected chi connectivity index (χ0v) is 49.2. The molecule has 0 aromatic rings. The Hall–Kier alpha value is -3.14. The molecule has 2 aliphatic carbocycles. The maximum absolute atomic E-state index is 4.03. The van der Waals surface area contributed by atoms with Crippen molar-refractivity contribution in [2.75, 3.05) is 13.1 Å². The minimum atomic E-state index is 0.957. The Morgan fingerprint density at radius 1 is 0.328 bits per heavy atom. The van der Waals surface area contributed by atoms with Gasteiger partial charge in [-0.3, -0.25) is 20.0 Å². The van der Waals surface area contributed by atoms with Gasteiger partial charge in [0.1, 0.15) is 0 Å². The highest BCUT2D eigenvalue weighted by Crippen LogP contribution is 2.20. The summed E-state index contributed by atoms with van der Waals surface area (Å²) in [6, 6.07) is 0. The normalized spacial score (nSPS) is 13.9. The molecule has 0 aromatic heterocycles. The average Bonchev–Trinajstić information content (AvgIpc) is 4.11. The van der Waals surface area contributed by atoms with Crippen molar-refractivity contribution in [3.63, 3.8) is 0 Å². The predicted molar refractivity (Wildman–Crippen MR) is 318 cm³/mol. The van der Waals surface area contributed by atoms with E-state index in [1.165, 1.54) is 80.9 Å². The van der Waals surface area contributed by atoms with Gasteiger partial charge in [0.2, 0.25) is 0 Å². The van der Waals surface area contributed by atoms with Crippen molar-refractivity contribution in [3.8, 4) is 0 Å². The van der Waals surface area contributed by atoms with Crippen LogP contribution in [0.5, 0.6) is 0 Å². The highest BCUT2D eigenvalue weighted by atomic mass is 14.7. The maximum Gasteiger partial charge on any atom is 0.0430 e. The van der Waals surface area contributed by atoms with E-state index in [1.807, 2.05) is 191 Å². The first-order chi connectivity index (χ1) is 31.4. The van der Waals surface area contributed by atoms with Crippen LogP contribution < -0.4 is 0 Å². The van der Waals surface area contributed by atoms with Gasteiger partial charge in [-0.05, 0) is 107 Å². The van der Waals surface area contributed by atoms with Gasteiger partial charge < -0.3 is 0 Å². The second-order valence-corrected chi connectivity index (χ2v) is 10.7. The van der Waals surface area contributed by atoms with Crippen molar-refractivity contribution in [1.29, 1.82) is 0 Å². The SMILES string of the molecule is C=C1C=CCCC1.C=C1C=NCC1.C=C1C=NCCC1.C=C1CCC=N1.C=C1CCCC=N1.C=C1CCCCC1.CC.CC.CC.CC.CC.CC.CC.CC.CC.CC.CC.CC. The molecule has 0 bridgehead atoms. The Bertz CT molecular complexity index is 873. The molecule has 64 heavy (non-hydrogen) atoms. The molecule has 4 heteroatoms. The summed E-state index contributed by atoms with van der Waals surface area (Å²) in [7, 11) is 0. The molecule has 6 rings (SSSR count). The van der Waals surface area contributed by atoms with E-state index < -0.39 is 0 Å². The van der Waals surface area contributed by atoms with Crippen LogP contribution in [-0.2, 0) is 0 Å². The molecule has 0 aromatic carbocycles. The second kappa shape index (κ2) is 113. The summed E-state index contributed by atoms with van der Waals surface area (Å²) in [6.45, 7) is 72.5. The summed E-state index contributed by atoms with van der Waals surface area (Å²) in [4.78, 5) is 15.9. The molecule has 1 saturated carbocycles. The van der Waals surface area contributed by atoms with Crippen LogP contribution in [0, 0.1) is 0 Å².